The largest absolute Gasteiger partial charge is 0.381 e. The third kappa shape index (κ3) is 6.31. The van der Waals surface area contributed by atoms with Crippen LogP contribution in [0.15, 0.2) is 0 Å². The summed E-state index contributed by atoms with van der Waals surface area (Å²) in [6, 6.07) is 0.0527. The second kappa shape index (κ2) is 9.93. The van der Waals surface area contributed by atoms with Crippen LogP contribution in [0, 0.1) is 5.92 Å². The average molecular weight is 350 g/mol. The first-order valence-electron chi connectivity index (χ1n) is 8.86. The van der Waals surface area contributed by atoms with Crippen LogP contribution < -0.4 is 0 Å². The Balaban J connectivity index is 2.80. The van der Waals surface area contributed by atoms with Crippen LogP contribution >= 0.6 is 0 Å². The van der Waals surface area contributed by atoms with Crippen LogP contribution in [0.2, 0.25) is 0 Å². The molecule has 0 bridgehead atoms. The molecule has 6 nitrogen and oxygen atoms in total. The smallest absolute Gasteiger partial charge is 0.282 e. The zero-order valence-corrected chi connectivity index (χ0v) is 16.3. The van der Waals surface area contributed by atoms with Gasteiger partial charge in [-0.2, -0.15) is 17.0 Å². The molecule has 0 aromatic rings. The molecule has 1 aliphatic rings. The Labute approximate surface area is 142 Å². The SMILES string of the molecule is CCN(CC)CCN(CC(C)C)S(=O)(=O)N(C)C1CCOCC1. The molecule has 1 aliphatic heterocycles. The second-order valence-electron chi connectivity index (χ2n) is 6.65. The van der Waals surface area contributed by atoms with E-state index in [-0.39, 0.29) is 6.04 Å². The zero-order valence-electron chi connectivity index (χ0n) is 15.5. The van der Waals surface area contributed by atoms with Crippen molar-refractivity contribution >= 4 is 10.2 Å². The van der Waals surface area contributed by atoms with Crippen LogP contribution in [0.3, 0.4) is 0 Å². The molecular formula is C16H35N3O3S. The number of hydrogen-bond donors (Lipinski definition) is 0. The van der Waals surface area contributed by atoms with Crippen LogP contribution in [0.25, 0.3) is 0 Å². The van der Waals surface area contributed by atoms with E-state index in [4.69, 9.17) is 4.74 Å². The molecule has 1 fully saturated rings. The standard InChI is InChI=1S/C16H35N3O3S/c1-6-18(7-2)10-11-19(14-15(3)4)23(20,21)17(5)16-8-12-22-13-9-16/h15-16H,6-14H2,1-5H3. The van der Waals surface area contributed by atoms with Gasteiger partial charge in [-0.25, -0.2) is 0 Å². The highest BCUT2D eigenvalue weighted by Gasteiger charge is 2.33. The van der Waals surface area contributed by atoms with E-state index >= 15 is 0 Å². The lowest BCUT2D eigenvalue weighted by atomic mass is 10.1. The maximum Gasteiger partial charge on any atom is 0.282 e. The summed E-state index contributed by atoms with van der Waals surface area (Å²) in [6.45, 7) is 13.4. The number of hydrogen-bond acceptors (Lipinski definition) is 4. The fourth-order valence-electron chi connectivity index (χ4n) is 2.92. The summed E-state index contributed by atoms with van der Waals surface area (Å²) in [5.74, 6) is 0.310. The summed E-state index contributed by atoms with van der Waals surface area (Å²) in [4.78, 5) is 2.26. The Kier molecular flexibility index (Phi) is 9.00. The summed E-state index contributed by atoms with van der Waals surface area (Å²) >= 11 is 0. The quantitative estimate of drug-likeness (QED) is 0.602. The van der Waals surface area contributed by atoms with Crippen molar-refractivity contribution in [2.24, 2.45) is 5.92 Å². The van der Waals surface area contributed by atoms with Gasteiger partial charge in [0.1, 0.15) is 0 Å². The monoisotopic (exact) mass is 349 g/mol. The first-order valence-corrected chi connectivity index (χ1v) is 10.3. The summed E-state index contributed by atoms with van der Waals surface area (Å²) < 4.78 is 34.7. The minimum atomic E-state index is -3.42. The molecule has 0 aromatic carbocycles. The Morgan fingerprint density at radius 2 is 1.65 bits per heavy atom. The topological polar surface area (TPSA) is 53.1 Å². The van der Waals surface area contributed by atoms with E-state index in [0.29, 0.717) is 32.2 Å². The van der Waals surface area contributed by atoms with Crippen molar-refractivity contribution in [3.8, 4) is 0 Å². The van der Waals surface area contributed by atoms with Crippen molar-refractivity contribution in [1.82, 2.24) is 13.5 Å². The predicted octanol–water partition coefficient (Wildman–Crippen LogP) is 1.64. The lowest BCUT2D eigenvalue weighted by Gasteiger charge is -2.35. The molecule has 0 amide bonds. The van der Waals surface area contributed by atoms with Gasteiger partial charge in [0.15, 0.2) is 0 Å². The zero-order chi connectivity index (χ0) is 17.5. The third-order valence-corrected chi connectivity index (χ3v) is 6.53. The molecule has 1 heterocycles. The lowest BCUT2D eigenvalue weighted by Crippen LogP contribution is -2.50. The van der Waals surface area contributed by atoms with Crippen molar-refractivity contribution in [2.45, 2.75) is 46.6 Å². The van der Waals surface area contributed by atoms with Gasteiger partial charge in [0.05, 0.1) is 0 Å². The first kappa shape index (κ1) is 20.8. The molecule has 1 rings (SSSR count). The van der Waals surface area contributed by atoms with Crippen molar-refractivity contribution in [3.05, 3.63) is 0 Å². The van der Waals surface area contributed by atoms with Gasteiger partial charge in [-0.05, 0) is 31.8 Å². The van der Waals surface area contributed by atoms with E-state index in [1.807, 2.05) is 0 Å². The molecule has 7 heteroatoms. The minimum Gasteiger partial charge on any atom is -0.381 e. The van der Waals surface area contributed by atoms with Gasteiger partial charge in [-0.1, -0.05) is 27.7 Å². The minimum absolute atomic E-state index is 0.0527. The summed E-state index contributed by atoms with van der Waals surface area (Å²) in [6.07, 6.45) is 1.56. The van der Waals surface area contributed by atoms with E-state index in [2.05, 4.69) is 32.6 Å². The van der Waals surface area contributed by atoms with Gasteiger partial charge < -0.3 is 9.64 Å². The van der Waals surface area contributed by atoms with Crippen molar-refractivity contribution in [3.63, 3.8) is 0 Å². The Morgan fingerprint density at radius 1 is 1.09 bits per heavy atom. The lowest BCUT2D eigenvalue weighted by molar-refractivity contribution is 0.0615. The van der Waals surface area contributed by atoms with Gasteiger partial charge in [-0.15, -0.1) is 0 Å². The van der Waals surface area contributed by atoms with Crippen molar-refractivity contribution in [1.29, 1.82) is 0 Å². The molecule has 0 aliphatic carbocycles. The number of likely N-dealkylation sites (N-methyl/N-ethyl adjacent to an activating group) is 1. The number of rotatable bonds is 10. The molecule has 0 unspecified atom stereocenters. The van der Waals surface area contributed by atoms with E-state index in [1.165, 1.54) is 0 Å². The molecular weight excluding hydrogens is 314 g/mol. The van der Waals surface area contributed by atoms with E-state index in [0.717, 1.165) is 32.5 Å². The Hall–Kier alpha value is -0.210. The van der Waals surface area contributed by atoms with E-state index < -0.39 is 10.2 Å². The highest BCUT2D eigenvalue weighted by atomic mass is 32.2. The van der Waals surface area contributed by atoms with Gasteiger partial charge in [-0.3, -0.25) is 0 Å². The molecule has 1 saturated heterocycles. The molecule has 0 N–H and O–H groups in total. The fraction of sp³-hybridized carbons (Fsp3) is 1.00. The molecule has 0 aromatic heterocycles. The molecule has 23 heavy (non-hydrogen) atoms. The van der Waals surface area contributed by atoms with Gasteiger partial charge in [0.25, 0.3) is 10.2 Å². The number of nitrogens with zero attached hydrogens (tertiary/aromatic N) is 3. The van der Waals surface area contributed by atoms with Crippen LogP contribution in [0.5, 0.6) is 0 Å². The van der Waals surface area contributed by atoms with Crippen LogP contribution in [-0.4, -0.2) is 81.0 Å². The van der Waals surface area contributed by atoms with Gasteiger partial charge in [0, 0.05) is 45.9 Å². The molecule has 138 valence electrons. The van der Waals surface area contributed by atoms with E-state index in [9.17, 15) is 8.42 Å². The number of ether oxygens (including phenoxy) is 1. The maximum absolute atomic E-state index is 13.0. The predicted molar refractivity (Wildman–Crippen MR) is 94.7 cm³/mol. The third-order valence-electron chi connectivity index (χ3n) is 4.52. The van der Waals surface area contributed by atoms with Crippen molar-refractivity contribution < 1.29 is 13.2 Å². The first-order chi connectivity index (χ1) is 10.8. The van der Waals surface area contributed by atoms with Crippen LogP contribution in [0.1, 0.15) is 40.5 Å². The van der Waals surface area contributed by atoms with E-state index in [1.54, 1.807) is 15.7 Å². The van der Waals surface area contributed by atoms with Crippen LogP contribution in [0.4, 0.5) is 0 Å². The maximum atomic E-state index is 13.0. The average Bonchev–Trinajstić information content (AvgIpc) is 2.54. The summed E-state index contributed by atoms with van der Waals surface area (Å²) in [5.41, 5.74) is 0. The Bertz CT molecular complexity index is 418. The fourth-order valence-corrected chi connectivity index (χ4v) is 4.67. The molecule has 0 atom stereocenters. The molecule has 0 spiro atoms. The Morgan fingerprint density at radius 3 is 2.13 bits per heavy atom. The second-order valence-corrected chi connectivity index (χ2v) is 8.63. The molecule has 0 radical (unpaired) electrons. The summed E-state index contributed by atoms with van der Waals surface area (Å²) in [5, 5.41) is 0. The van der Waals surface area contributed by atoms with Crippen LogP contribution in [-0.2, 0) is 14.9 Å². The summed E-state index contributed by atoms with van der Waals surface area (Å²) in [7, 11) is -1.71. The molecule has 0 saturated carbocycles. The van der Waals surface area contributed by atoms with Gasteiger partial charge >= 0.3 is 0 Å². The highest BCUT2D eigenvalue weighted by molar-refractivity contribution is 7.86. The van der Waals surface area contributed by atoms with Crippen molar-refractivity contribution in [2.75, 3.05) is 53.0 Å². The van der Waals surface area contributed by atoms with Gasteiger partial charge in [0.2, 0.25) is 0 Å². The normalized spacial score (nSPS) is 17.8. The highest BCUT2D eigenvalue weighted by Crippen LogP contribution is 2.19.